The van der Waals surface area contributed by atoms with E-state index in [1.54, 1.807) is 7.11 Å². The number of aromatic nitrogens is 3. The molecule has 0 saturated carbocycles. The first kappa shape index (κ1) is 15.0. The molecule has 6 heteroatoms. The van der Waals surface area contributed by atoms with Crippen LogP contribution in [0.5, 0.6) is 5.75 Å². The Balaban J connectivity index is 1.79. The zero-order valence-electron chi connectivity index (χ0n) is 14.0. The van der Waals surface area contributed by atoms with E-state index in [9.17, 15) is 0 Å². The Morgan fingerprint density at radius 1 is 1.00 bits per heavy atom. The molecule has 0 aliphatic carbocycles. The van der Waals surface area contributed by atoms with E-state index in [2.05, 4.69) is 26.9 Å². The molecule has 3 aromatic rings. The van der Waals surface area contributed by atoms with Crippen LogP contribution in [0.1, 0.15) is 0 Å². The molecule has 0 amide bonds. The summed E-state index contributed by atoms with van der Waals surface area (Å²) in [5.74, 6) is 1.92. The van der Waals surface area contributed by atoms with Gasteiger partial charge in [0.05, 0.1) is 18.9 Å². The summed E-state index contributed by atoms with van der Waals surface area (Å²) in [6.07, 6.45) is 3.74. The summed E-state index contributed by atoms with van der Waals surface area (Å²) in [6, 6.07) is 10.0. The van der Waals surface area contributed by atoms with Gasteiger partial charge in [-0.15, -0.1) is 0 Å². The molecule has 1 aliphatic rings. The highest BCUT2D eigenvalue weighted by molar-refractivity contribution is 5.81. The molecule has 0 spiro atoms. The lowest BCUT2D eigenvalue weighted by Gasteiger charge is -2.33. The highest BCUT2D eigenvalue weighted by Crippen LogP contribution is 2.32. The van der Waals surface area contributed by atoms with Crippen LogP contribution in [0.25, 0.3) is 16.8 Å². The maximum atomic E-state index is 5.50. The molecule has 1 saturated heterocycles. The van der Waals surface area contributed by atoms with Crippen molar-refractivity contribution in [2.75, 3.05) is 45.2 Å². The highest BCUT2D eigenvalue weighted by Gasteiger charge is 2.19. The zero-order chi connectivity index (χ0) is 16.5. The molecular formula is C18H21N5O. The maximum absolute atomic E-state index is 5.50. The highest BCUT2D eigenvalue weighted by atomic mass is 16.5. The normalized spacial score (nSPS) is 15.8. The van der Waals surface area contributed by atoms with Crippen LogP contribution in [0.2, 0.25) is 0 Å². The summed E-state index contributed by atoms with van der Waals surface area (Å²) in [6.45, 7) is 4.12. The van der Waals surface area contributed by atoms with Gasteiger partial charge in [0.2, 0.25) is 0 Å². The van der Waals surface area contributed by atoms with Crippen molar-refractivity contribution in [3.05, 3.63) is 42.7 Å². The van der Waals surface area contributed by atoms with Crippen LogP contribution in [0.3, 0.4) is 0 Å². The Morgan fingerprint density at radius 2 is 1.79 bits per heavy atom. The van der Waals surface area contributed by atoms with Gasteiger partial charge >= 0.3 is 0 Å². The number of likely N-dealkylation sites (N-methyl/N-ethyl adjacent to an activating group) is 1. The van der Waals surface area contributed by atoms with E-state index in [-0.39, 0.29) is 0 Å². The van der Waals surface area contributed by atoms with Crippen molar-refractivity contribution < 1.29 is 4.74 Å². The first-order chi connectivity index (χ1) is 11.8. The number of hydrogen-bond acceptors (Lipinski definition) is 5. The van der Waals surface area contributed by atoms with Gasteiger partial charge in [-0.2, -0.15) is 9.61 Å². The molecular weight excluding hydrogens is 302 g/mol. The minimum Gasteiger partial charge on any atom is -0.496 e. The number of fused-ring (bicyclic) bond motifs is 1. The SMILES string of the molecule is COc1ccccc1-c1cnn2c(N3CCN(C)CC3)ccnc12. The summed E-state index contributed by atoms with van der Waals surface area (Å²) in [5.41, 5.74) is 2.86. The van der Waals surface area contributed by atoms with Crippen molar-refractivity contribution in [2.45, 2.75) is 0 Å². The summed E-state index contributed by atoms with van der Waals surface area (Å²) >= 11 is 0. The number of nitrogens with zero attached hydrogens (tertiary/aromatic N) is 5. The molecule has 3 heterocycles. The first-order valence-corrected chi connectivity index (χ1v) is 8.17. The fourth-order valence-electron chi connectivity index (χ4n) is 3.21. The molecule has 0 radical (unpaired) electrons. The molecule has 0 atom stereocenters. The Kier molecular flexibility index (Phi) is 3.82. The molecule has 4 rings (SSSR count). The average Bonchev–Trinajstić information content (AvgIpc) is 3.06. The molecule has 0 N–H and O–H groups in total. The van der Waals surface area contributed by atoms with E-state index in [1.807, 2.05) is 47.2 Å². The molecule has 1 fully saturated rings. The summed E-state index contributed by atoms with van der Waals surface area (Å²) < 4.78 is 7.43. The maximum Gasteiger partial charge on any atom is 0.165 e. The first-order valence-electron chi connectivity index (χ1n) is 8.17. The molecule has 2 aromatic heterocycles. The number of benzene rings is 1. The van der Waals surface area contributed by atoms with Crippen molar-refractivity contribution in [2.24, 2.45) is 0 Å². The predicted octanol–water partition coefficient (Wildman–Crippen LogP) is 2.16. The molecule has 1 aromatic carbocycles. The van der Waals surface area contributed by atoms with Crippen molar-refractivity contribution >= 4 is 11.5 Å². The van der Waals surface area contributed by atoms with Gasteiger partial charge in [-0.1, -0.05) is 18.2 Å². The van der Waals surface area contributed by atoms with Crippen LogP contribution in [-0.2, 0) is 0 Å². The van der Waals surface area contributed by atoms with Gasteiger partial charge in [-0.25, -0.2) is 4.98 Å². The van der Waals surface area contributed by atoms with E-state index < -0.39 is 0 Å². The van der Waals surface area contributed by atoms with Gasteiger partial charge in [0.15, 0.2) is 5.65 Å². The van der Waals surface area contributed by atoms with Crippen LogP contribution in [0, 0.1) is 0 Å². The van der Waals surface area contributed by atoms with Gasteiger partial charge in [0, 0.05) is 37.9 Å². The lowest BCUT2D eigenvalue weighted by atomic mass is 10.1. The Labute approximate surface area is 141 Å². The third-order valence-corrected chi connectivity index (χ3v) is 4.61. The molecule has 124 valence electrons. The second-order valence-electron chi connectivity index (χ2n) is 6.09. The monoisotopic (exact) mass is 323 g/mol. The summed E-state index contributed by atoms with van der Waals surface area (Å²) in [7, 11) is 3.85. The number of methoxy groups -OCH3 is 1. The van der Waals surface area contributed by atoms with Crippen LogP contribution >= 0.6 is 0 Å². The lowest BCUT2D eigenvalue weighted by molar-refractivity contribution is 0.311. The van der Waals surface area contributed by atoms with Crippen molar-refractivity contribution in [1.29, 1.82) is 0 Å². The standard InChI is InChI=1S/C18H21N5O/c1-21-9-11-22(12-10-21)17-7-8-19-18-15(13-20-23(17)18)14-5-3-4-6-16(14)24-2/h3-8,13H,9-12H2,1-2H3. The third kappa shape index (κ3) is 2.49. The molecule has 0 unspecified atom stereocenters. The van der Waals surface area contributed by atoms with Gasteiger partial charge in [0.25, 0.3) is 0 Å². The quantitative estimate of drug-likeness (QED) is 0.739. The number of hydrogen-bond donors (Lipinski definition) is 0. The molecule has 1 aliphatic heterocycles. The smallest absolute Gasteiger partial charge is 0.165 e. The fourth-order valence-corrected chi connectivity index (χ4v) is 3.21. The molecule has 6 nitrogen and oxygen atoms in total. The molecule has 0 bridgehead atoms. The van der Waals surface area contributed by atoms with Crippen LogP contribution in [0.4, 0.5) is 5.82 Å². The number of ether oxygens (including phenoxy) is 1. The zero-order valence-corrected chi connectivity index (χ0v) is 14.0. The number of anilines is 1. The van der Waals surface area contributed by atoms with Gasteiger partial charge < -0.3 is 14.5 Å². The van der Waals surface area contributed by atoms with Crippen LogP contribution < -0.4 is 9.64 Å². The topological polar surface area (TPSA) is 45.9 Å². The average molecular weight is 323 g/mol. The van der Waals surface area contributed by atoms with Gasteiger partial charge in [0.1, 0.15) is 11.6 Å². The van der Waals surface area contributed by atoms with Crippen molar-refractivity contribution in [1.82, 2.24) is 19.5 Å². The Hall–Kier alpha value is -2.60. The largest absolute Gasteiger partial charge is 0.496 e. The predicted molar refractivity (Wildman–Crippen MR) is 94.7 cm³/mol. The lowest BCUT2D eigenvalue weighted by Crippen LogP contribution is -2.45. The van der Waals surface area contributed by atoms with Crippen molar-refractivity contribution in [3.63, 3.8) is 0 Å². The minimum atomic E-state index is 0.833. The second-order valence-corrected chi connectivity index (χ2v) is 6.09. The van der Waals surface area contributed by atoms with Crippen molar-refractivity contribution in [3.8, 4) is 16.9 Å². The van der Waals surface area contributed by atoms with Crippen LogP contribution in [0.15, 0.2) is 42.7 Å². The van der Waals surface area contributed by atoms with Gasteiger partial charge in [-0.3, -0.25) is 0 Å². The second kappa shape index (κ2) is 6.13. The van der Waals surface area contributed by atoms with E-state index in [4.69, 9.17) is 4.74 Å². The fraction of sp³-hybridized carbons (Fsp3) is 0.333. The number of piperazine rings is 1. The van der Waals surface area contributed by atoms with E-state index in [1.165, 1.54) is 0 Å². The Morgan fingerprint density at radius 3 is 2.58 bits per heavy atom. The minimum absolute atomic E-state index is 0.833. The summed E-state index contributed by atoms with van der Waals surface area (Å²) in [5, 5.41) is 4.61. The van der Waals surface area contributed by atoms with E-state index in [0.29, 0.717) is 0 Å². The Bertz CT molecular complexity index is 851. The summed E-state index contributed by atoms with van der Waals surface area (Å²) in [4.78, 5) is 9.29. The van der Waals surface area contributed by atoms with Gasteiger partial charge in [-0.05, 0) is 19.2 Å². The third-order valence-electron chi connectivity index (χ3n) is 4.61. The number of para-hydroxylation sites is 1. The van der Waals surface area contributed by atoms with E-state index in [0.717, 1.165) is 54.5 Å². The van der Waals surface area contributed by atoms with E-state index >= 15 is 0 Å². The van der Waals surface area contributed by atoms with Crippen LogP contribution in [-0.4, -0.2) is 59.8 Å². The molecule has 24 heavy (non-hydrogen) atoms. The number of rotatable bonds is 3.